The van der Waals surface area contributed by atoms with Crippen LogP contribution in [-0.2, 0) is 11.3 Å². The molecule has 0 saturated carbocycles. The molecule has 1 saturated heterocycles. The second-order valence-electron chi connectivity index (χ2n) is 5.98. The number of hydrogen-bond donors (Lipinski definition) is 0. The first-order chi connectivity index (χ1) is 12.7. The number of carbonyl (C=O) groups is 1. The summed E-state index contributed by atoms with van der Waals surface area (Å²) in [5, 5.41) is 9.76. The van der Waals surface area contributed by atoms with Crippen LogP contribution in [0.1, 0.15) is 30.9 Å². The van der Waals surface area contributed by atoms with Crippen molar-refractivity contribution < 1.29 is 4.79 Å². The molecule has 1 fully saturated rings. The number of thioether (sulfide) groups is 1. The third-order valence-corrected chi connectivity index (χ3v) is 5.46. The molecule has 2 aromatic rings. The Kier molecular flexibility index (Phi) is 6.47. The van der Waals surface area contributed by atoms with E-state index < -0.39 is 0 Å². The molecule has 1 aliphatic rings. The van der Waals surface area contributed by atoms with Gasteiger partial charge in [-0.1, -0.05) is 79.2 Å². The SMILES string of the molecule is CCCC1SC(=NN=Cc2ccc(Cl)cc2)N(Cc2ccccc2)C1=O. The van der Waals surface area contributed by atoms with E-state index in [9.17, 15) is 4.79 Å². The zero-order valence-corrected chi connectivity index (χ0v) is 16.1. The van der Waals surface area contributed by atoms with Crippen molar-refractivity contribution in [3.8, 4) is 0 Å². The Morgan fingerprint density at radius 1 is 1.15 bits per heavy atom. The van der Waals surface area contributed by atoms with Crippen LogP contribution in [0.25, 0.3) is 0 Å². The van der Waals surface area contributed by atoms with Gasteiger partial charge in [0.05, 0.1) is 18.0 Å². The smallest absolute Gasteiger partial charge is 0.242 e. The van der Waals surface area contributed by atoms with E-state index in [-0.39, 0.29) is 11.2 Å². The van der Waals surface area contributed by atoms with Crippen molar-refractivity contribution in [1.29, 1.82) is 0 Å². The second kappa shape index (κ2) is 9.01. The Balaban J connectivity index is 1.79. The van der Waals surface area contributed by atoms with E-state index in [0.29, 0.717) is 16.7 Å². The van der Waals surface area contributed by atoms with Crippen LogP contribution in [-0.4, -0.2) is 27.4 Å². The molecule has 0 aliphatic carbocycles. The summed E-state index contributed by atoms with van der Waals surface area (Å²) in [4.78, 5) is 14.5. The standard InChI is InChI=1S/C20H20ClN3OS/c1-2-6-18-19(25)24(14-16-7-4-3-5-8-16)20(26-18)23-22-13-15-9-11-17(21)12-10-15/h3-5,7-13,18H,2,6,14H2,1H3. The Morgan fingerprint density at radius 2 is 1.88 bits per heavy atom. The molecule has 3 rings (SSSR count). The lowest BCUT2D eigenvalue weighted by molar-refractivity contribution is -0.126. The second-order valence-corrected chi connectivity index (χ2v) is 7.59. The van der Waals surface area contributed by atoms with Gasteiger partial charge in [0, 0.05) is 5.02 Å². The first-order valence-electron chi connectivity index (χ1n) is 8.56. The maximum absolute atomic E-state index is 12.7. The Morgan fingerprint density at radius 3 is 2.58 bits per heavy atom. The molecule has 1 unspecified atom stereocenters. The third kappa shape index (κ3) is 4.74. The molecule has 0 aromatic heterocycles. The van der Waals surface area contributed by atoms with Crippen LogP contribution in [0, 0.1) is 0 Å². The molecule has 1 amide bonds. The van der Waals surface area contributed by atoms with Crippen molar-refractivity contribution >= 4 is 40.7 Å². The fourth-order valence-corrected chi connectivity index (χ4v) is 3.97. The lowest BCUT2D eigenvalue weighted by Crippen LogP contribution is -2.31. The molecule has 1 aliphatic heterocycles. The molecule has 0 N–H and O–H groups in total. The van der Waals surface area contributed by atoms with Gasteiger partial charge >= 0.3 is 0 Å². The maximum Gasteiger partial charge on any atom is 0.242 e. The molecule has 26 heavy (non-hydrogen) atoms. The largest absolute Gasteiger partial charge is 0.284 e. The van der Waals surface area contributed by atoms with Crippen LogP contribution in [0.4, 0.5) is 0 Å². The summed E-state index contributed by atoms with van der Waals surface area (Å²) in [7, 11) is 0. The highest BCUT2D eigenvalue weighted by molar-refractivity contribution is 8.15. The van der Waals surface area contributed by atoms with Crippen LogP contribution in [0.3, 0.4) is 0 Å². The third-order valence-electron chi connectivity index (χ3n) is 3.97. The highest BCUT2D eigenvalue weighted by atomic mass is 35.5. The highest BCUT2D eigenvalue weighted by Gasteiger charge is 2.37. The number of amides is 1. The average Bonchev–Trinajstić information content (AvgIpc) is 2.94. The number of amidine groups is 1. The van der Waals surface area contributed by atoms with Crippen LogP contribution >= 0.6 is 23.4 Å². The zero-order valence-electron chi connectivity index (χ0n) is 14.5. The van der Waals surface area contributed by atoms with Gasteiger partial charge in [0.1, 0.15) is 0 Å². The van der Waals surface area contributed by atoms with E-state index in [2.05, 4.69) is 17.1 Å². The topological polar surface area (TPSA) is 45.0 Å². The van der Waals surface area contributed by atoms with Crippen molar-refractivity contribution in [2.45, 2.75) is 31.6 Å². The molecule has 4 nitrogen and oxygen atoms in total. The Labute approximate surface area is 163 Å². The fraction of sp³-hybridized carbons (Fsp3) is 0.250. The van der Waals surface area contributed by atoms with E-state index >= 15 is 0 Å². The van der Waals surface area contributed by atoms with E-state index in [0.717, 1.165) is 24.0 Å². The van der Waals surface area contributed by atoms with Gasteiger partial charge in [0.2, 0.25) is 5.91 Å². The maximum atomic E-state index is 12.7. The first-order valence-corrected chi connectivity index (χ1v) is 9.81. The van der Waals surface area contributed by atoms with Gasteiger partial charge in [-0.05, 0) is 29.7 Å². The fourth-order valence-electron chi connectivity index (χ4n) is 2.64. The summed E-state index contributed by atoms with van der Waals surface area (Å²) in [6, 6.07) is 17.3. The molecule has 2 aromatic carbocycles. The Bertz CT molecular complexity index is 806. The number of hydrogen-bond acceptors (Lipinski definition) is 4. The van der Waals surface area contributed by atoms with Crippen molar-refractivity contribution in [1.82, 2.24) is 4.90 Å². The predicted octanol–water partition coefficient (Wildman–Crippen LogP) is 4.97. The number of rotatable bonds is 6. The minimum Gasteiger partial charge on any atom is -0.284 e. The number of benzene rings is 2. The molecule has 134 valence electrons. The summed E-state index contributed by atoms with van der Waals surface area (Å²) in [5.41, 5.74) is 1.99. The molecule has 1 heterocycles. The summed E-state index contributed by atoms with van der Waals surface area (Å²) < 4.78 is 0. The molecule has 6 heteroatoms. The van der Waals surface area contributed by atoms with E-state index in [1.54, 1.807) is 11.1 Å². The van der Waals surface area contributed by atoms with Gasteiger partial charge in [-0.15, -0.1) is 5.10 Å². The molecule has 1 atom stereocenters. The van der Waals surface area contributed by atoms with E-state index in [1.165, 1.54) is 11.8 Å². The molecular formula is C20H20ClN3OS. The summed E-state index contributed by atoms with van der Waals surface area (Å²) in [5.74, 6) is 0.112. The van der Waals surface area contributed by atoms with Crippen molar-refractivity contribution in [3.05, 3.63) is 70.7 Å². The molecule has 0 spiro atoms. The quantitative estimate of drug-likeness (QED) is 0.520. The van der Waals surface area contributed by atoms with Crippen LogP contribution in [0.5, 0.6) is 0 Å². The summed E-state index contributed by atoms with van der Waals surface area (Å²) in [6.45, 7) is 2.60. The molecule has 0 radical (unpaired) electrons. The van der Waals surface area contributed by atoms with Crippen molar-refractivity contribution in [3.63, 3.8) is 0 Å². The minimum absolute atomic E-state index is 0.0757. The lowest BCUT2D eigenvalue weighted by Gasteiger charge is -2.15. The van der Waals surface area contributed by atoms with Gasteiger partial charge in [-0.3, -0.25) is 9.69 Å². The molecular weight excluding hydrogens is 366 g/mol. The van der Waals surface area contributed by atoms with Crippen molar-refractivity contribution in [2.75, 3.05) is 0 Å². The van der Waals surface area contributed by atoms with Gasteiger partial charge in [0.25, 0.3) is 0 Å². The molecule has 0 bridgehead atoms. The number of nitrogens with zero attached hydrogens (tertiary/aromatic N) is 3. The van der Waals surface area contributed by atoms with Crippen LogP contribution in [0.2, 0.25) is 5.02 Å². The normalized spacial score (nSPS) is 19.0. The van der Waals surface area contributed by atoms with E-state index in [4.69, 9.17) is 11.6 Å². The zero-order chi connectivity index (χ0) is 18.4. The summed E-state index contributed by atoms with van der Waals surface area (Å²) in [6.07, 6.45) is 3.47. The number of carbonyl (C=O) groups excluding carboxylic acids is 1. The average molecular weight is 386 g/mol. The monoisotopic (exact) mass is 385 g/mol. The van der Waals surface area contributed by atoms with Gasteiger partial charge in [-0.2, -0.15) is 5.10 Å². The summed E-state index contributed by atoms with van der Waals surface area (Å²) >= 11 is 7.39. The number of halogens is 1. The minimum atomic E-state index is -0.0757. The predicted molar refractivity (Wildman–Crippen MR) is 110 cm³/mol. The highest BCUT2D eigenvalue weighted by Crippen LogP contribution is 2.31. The Hall–Kier alpha value is -2.11. The van der Waals surface area contributed by atoms with Crippen LogP contribution in [0.15, 0.2) is 64.8 Å². The van der Waals surface area contributed by atoms with Gasteiger partial charge < -0.3 is 0 Å². The lowest BCUT2D eigenvalue weighted by atomic mass is 10.2. The van der Waals surface area contributed by atoms with Gasteiger partial charge in [0.15, 0.2) is 5.17 Å². The van der Waals surface area contributed by atoms with Crippen molar-refractivity contribution in [2.24, 2.45) is 10.2 Å². The van der Waals surface area contributed by atoms with Crippen LogP contribution < -0.4 is 0 Å². The van der Waals surface area contributed by atoms with Gasteiger partial charge in [-0.25, -0.2) is 0 Å². The first kappa shape index (κ1) is 18.7. The van der Waals surface area contributed by atoms with E-state index in [1.807, 2.05) is 54.6 Å².